The molecule has 1 aliphatic rings. The summed E-state index contributed by atoms with van der Waals surface area (Å²) < 4.78 is 10.8. The van der Waals surface area contributed by atoms with E-state index in [2.05, 4.69) is 20.4 Å². The van der Waals surface area contributed by atoms with Crippen LogP contribution in [-0.4, -0.2) is 42.4 Å². The number of ether oxygens (including phenoxy) is 1. The van der Waals surface area contributed by atoms with Gasteiger partial charge in [-0.2, -0.15) is 0 Å². The molecule has 1 amide bonds. The summed E-state index contributed by atoms with van der Waals surface area (Å²) in [7, 11) is 0. The smallest absolute Gasteiger partial charge is 0.313 e. The molecular formula is C16H20N4O3. The molecule has 2 heterocycles. The number of anilines is 2. The molecule has 3 rings (SSSR count). The van der Waals surface area contributed by atoms with E-state index in [0.717, 1.165) is 24.5 Å². The first-order valence-electron chi connectivity index (χ1n) is 7.71. The molecule has 23 heavy (non-hydrogen) atoms. The number of morpholine rings is 1. The number of rotatable bonds is 4. The fraction of sp³-hybridized carbons (Fsp3) is 0.438. The lowest BCUT2D eigenvalue weighted by Gasteiger charge is -2.30. The Labute approximate surface area is 134 Å². The molecule has 0 atom stereocenters. The lowest BCUT2D eigenvalue weighted by Crippen LogP contribution is -2.36. The first-order chi connectivity index (χ1) is 11.1. The standard InChI is InChI=1S/C16H20N4O3/c1-11(2)15-18-19-16(23-15)14(21)17-12-5-3-4-6-13(12)20-7-9-22-10-8-20/h3-6,11H,7-10H2,1-2H3,(H,17,21). The van der Waals surface area contributed by atoms with E-state index in [9.17, 15) is 4.79 Å². The van der Waals surface area contributed by atoms with Crippen LogP contribution in [0.5, 0.6) is 0 Å². The molecule has 0 saturated carbocycles. The summed E-state index contributed by atoms with van der Waals surface area (Å²) >= 11 is 0. The minimum absolute atomic E-state index is 0.0227. The van der Waals surface area contributed by atoms with Crippen molar-refractivity contribution in [3.63, 3.8) is 0 Å². The van der Waals surface area contributed by atoms with Gasteiger partial charge in [-0.25, -0.2) is 0 Å². The highest BCUT2D eigenvalue weighted by atomic mass is 16.5. The minimum Gasteiger partial charge on any atom is -0.417 e. The number of hydrogen-bond acceptors (Lipinski definition) is 6. The monoisotopic (exact) mass is 316 g/mol. The highest BCUT2D eigenvalue weighted by Gasteiger charge is 2.20. The largest absolute Gasteiger partial charge is 0.417 e. The van der Waals surface area contributed by atoms with Crippen molar-refractivity contribution in [3.05, 3.63) is 36.0 Å². The van der Waals surface area contributed by atoms with E-state index in [0.29, 0.717) is 19.1 Å². The van der Waals surface area contributed by atoms with E-state index in [1.807, 2.05) is 38.1 Å². The highest BCUT2D eigenvalue weighted by molar-refractivity contribution is 6.02. The Morgan fingerprint density at radius 3 is 2.65 bits per heavy atom. The highest BCUT2D eigenvalue weighted by Crippen LogP contribution is 2.26. The van der Waals surface area contributed by atoms with Crippen LogP contribution in [0.25, 0.3) is 0 Å². The van der Waals surface area contributed by atoms with E-state index in [1.165, 1.54) is 0 Å². The van der Waals surface area contributed by atoms with Crippen molar-refractivity contribution in [1.82, 2.24) is 10.2 Å². The van der Waals surface area contributed by atoms with Crippen LogP contribution >= 0.6 is 0 Å². The maximum absolute atomic E-state index is 12.3. The maximum atomic E-state index is 12.3. The molecule has 1 saturated heterocycles. The van der Waals surface area contributed by atoms with Crippen LogP contribution < -0.4 is 10.2 Å². The lowest BCUT2D eigenvalue weighted by molar-refractivity contribution is 0.0988. The van der Waals surface area contributed by atoms with Crippen LogP contribution in [0.2, 0.25) is 0 Å². The zero-order chi connectivity index (χ0) is 16.2. The van der Waals surface area contributed by atoms with Gasteiger partial charge in [0, 0.05) is 19.0 Å². The molecule has 0 aliphatic carbocycles. The van der Waals surface area contributed by atoms with Gasteiger partial charge in [-0.3, -0.25) is 4.79 Å². The Bertz CT molecular complexity index is 677. The molecule has 0 bridgehead atoms. The Balaban J connectivity index is 1.77. The number of nitrogens with zero attached hydrogens (tertiary/aromatic N) is 3. The van der Waals surface area contributed by atoms with Crippen molar-refractivity contribution in [2.75, 3.05) is 36.5 Å². The number of hydrogen-bond donors (Lipinski definition) is 1. The van der Waals surface area contributed by atoms with Crippen molar-refractivity contribution in [3.8, 4) is 0 Å². The van der Waals surface area contributed by atoms with Gasteiger partial charge < -0.3 is 19.4 Å². The predicted molar refractivity (Wildman–Crippen MR) is 85.8 cm³/mol. The Hall–Kier alpha value is -2.41. The number of benzene rings is 1. The van der Waals surface area contributed by atoms with Crippen molar-refractivity contribution < 1.29 is 13.9 Å². The van der Waals surface area contributed by atoms with Gasteiger partial charge in [0.2, 0.25) is 5.89 Å². The van der Waals surface area contributed by atoms with Gasteiger partial charge in [-0.15, -0.1) is 10.2 Å². The van der Waals surface area contributed by atoms with Gasteiger partial charge >= 0.3 is 11.8 Å². The zero-order valence-corrected chi connectivity index (χ0v) is 13.3. The Morgan fingerprint density at radius 2 is 1.96 bits per heavy atom. The normalized spacial score (nSPS) is 15.0. The molecule has 1 aliphatic heterocycles. The summed E-state index contributed by atoms with van der Waals surface area (Å²) in [6.45, 7) is 6.83. The quantitative estimate of drug-likeness (QED) is 0.932. The second kappa shape index (κ2) is 6.78. The number of para-hydroxylation sites is 2. The summed E-state index contributed by atoms with van der Waals surface area (Å²) in [4.78, 5) is 14.5. The second-order valence-corrected chi connectivity index (χ2v) is 5.67. The number of aromatic nitrogens is 2. The van der Waals surface area contributed by atoms with E-state index in [1.54, 1.807) is 0 Å². The molecule has 0 radical (unpaired) electrons. The molecule has 1 N–H and O–H groups in total. The number of nitrogens with one attached hydrogen (secondary N) is 1. The third-order valence-electron chi connectivity index (χ3n) is 3.63. The summed E-state index contributed by atoms with van der Waals surface area (Å²) in [6.07, 6.45) is 0. The zero-order valence-electron chi connectivity index (χ0n) is 13.3. The van der Waals surface area contributed by atoms with Crippen LogP contribution in [-0.2, 0) is 4.74 Å². The van der Waals surface area contributed by atoms with Gasteiger partial charge in [0.25, 0.3) is 0 Å². The fourth-order valence-electron chi connectivity index (χ4n) is 2.39. The van der Waals surface area contributed by atoms with E-state index in [4.69, 9.17) is 9.15 Å². The Morgan fingerprint density at radius 1 is 1.22 bits per heavy atom. The van der Waals surface area contributed by atoms with Crippen molar-refractivity contribution in [1.29, 1.82) is 0 Å². The third kappa shape index (κ3) is 3.50. The molecule has 1 aromatic carbocycles. The average molecular weight is 316 g/mol. The van der Waals surface area contributed by atoms with Gasteiger partial charge in [-0.05, 0) is 12.1 Å². The summed E-state index contributed by atoms with van der Waals surface area (Å²) in [5, 5.41) is 10.6. The van der Waals surface area contributed by atoms with Crippen molar-refractivity contribution in [2.24, 2.45) is 0 Å². The summed E-state index contributed by atoms with van der Waals surface area (Å²) in [6, 6.07) is 7.67. The van der Waals surface area contributed by atoms with Gasteiger partial charge in [0.15, 0.2) is 0 Å². The third-order valence-corrected chi connectivity index (χ3v) is 3.63. The van der Waals surface area contributed by atoms with E-state index >= 15 is 0 Å². The number of carbonyl (C=O) groups excluding carboxylic acids is 1. The van der Waals surface area contributed by atoms with Gasteiger partial charge in [0.1, 0.15) is 0 Å². The van der Waals surface area contributed by atoms with Crippen LogP contribution in [0.3, 0.4) is 0 Å². The molecule has 1 fully saturated rings. The molecule has 0 unspecified atom stereocenters. The maximum Gasteiger partial charge on any atom is 0.313 e. The predicted octanol–water partition coefficient (Wildman–Crippen LogP) is 2.28. The molecular weight excluding hydrogens is 296 g/mol. The molecule has 7 heteroatoms. The minimum atomic E-state index is -0.398. The average Bonchev–Trinajstić information content (AvgIpc) is 3.07. The van der Waals surface area contributed by atoms with E-state index < -0.39 is 5.91 Å². The first-order valence-corrected chi connectivity index (χ1v) is 7.71. The topological polar surface area (TPSA) is 80.5 Å². The van der Waals surface area contributed by atoms with Crippen molar-refractivity contribution in [2.45, 2.75) is 19.8 Å². The molecule has 0 spiro atoms. The fourth-order valence-corrected chi connectivity index (χ4v) is 2.39. The van der Waals surface area contributed by atoms with E-state index in [-0.39, 0.29) is 11.8 Å². The Kier molecular flexibility index (Phi) is 4.57. The first kappa shape index (κ1) is 15.5. The summed E-state index contributed by atoms with van der Waals surface area (Å²) in [5.74, 6) is 0.122. The molecule has 122 valence electrons. The van der Waals surface area contributed by atoms with Gasteiger partial charge in [-0.1, -0.05) is 26.0 Å². The van der Waals surface area contributed by atoms with Crippen LogP contribution in [0.1, 0.15) is 36.3 Å². The van der Waals surface area contributed by atoms with Crippen molar-refractivity contribution >= 4 is 17.3 Å². The van der Waals surface area contributed by atoms with Gasteiger partial charge in [0.05, 0.1) is 24.6 Å². The van der Waals surface area contributed by atoms with Crippen LogP contribution in [0, 0.1) is 0 Å². The molecule has 2 aromatic rings. The second-order valence-electron chi connectivity index (χ2n) is 5.67. The lowest BCUT2D eigenvalue weighted by atomic mass is 10.2. The molecule has 7 nitrogen and oxygen atoms in total. The van der Waals surface area contributed by atoms with Crippen LogP contribution in [0.15, 0.2) is 28.7 Å². The number of carbonyl (C=O) groups is 1. The van der Waals surface area contributed by atoms with Crippen LogP contribution in [0.4, 0.5) is 11.4 Å². The number of amides is 1. The SMILES string of the molecule is CC(C)c1nnc(C(=O)Nc2ccccc2N2CCOCC2)o1. The summed E-state index contributed by atoms with van der Waals surface area (Å²) in [5.41, 5.74) is 1.69. The molecule has 1 aromatic heterocycles.